The number of hydrogen-bond acceptors (Lipinski definition) is 5. The highest BCUT2D eigenvalue weighted by atomic mass is 16.4. The fourth-order valence-electron chi connectivity index (χ4n) is 3.55. The van der Waals surface area contributed by atoms with Crippen LogP contribution in [-0.2, 0) is 9.59 Å². The molecule has 1 aliphatic heterocycles. The Hall–Kier alpha value is -2.18. The van der Waals surface area contributed by atoms with E-state index in [0.29, 0.717) is 25.6 Å². The lowest BCUT2D eigenvalue weighted by molar-refractivity contribution is -0.142. The molecule has 2 heterocycles. The number of aromatic nitrogens is 2. The van der Waals surface area contributed by atoms with Crippen molar-refractivity contribution in [1.82, 2.24) is 14.9 Å². The number of hydrogen-bond donors (Lipinski definition) is 1. The molecule has 1 aromatic rings. The van der Waals surface area contributed by atoms with Crippen LogP contribution in [0.3, 0.4) is 0 Å². The first-order valence-corrected chi connectivity index (χ1v) is 7.96. The summed E-state index contributed by atoms with van der Waals surface area (Å²) in [4.78, 5) is 36.4. The third-order valence-corrected chi connectivity index (χ3v) is 5.00. The number of anilines is 1. The topological polar surface area (TPSA) is 86.6 Å². The van der Waals surface area contributed by atoms with Crippen molar-refractivity contribution in [2.45, 2.75) is 20.3 Å². The lowest BCUT2D eigenvalue weighted by Gasteiger charge is -2.22. The molecule has 0 bridgehead atoms. The number of carbonyl (C=O) groups excluding carboxylic acids is 1. The summed E-state index contributed by atoms with van der Waals surface area (Å²) < 4.78 is 0. The van der Waals surface area contributed by atoms with E-state index in [1.165, 1.54) is 0 Å². The molecule has 1 aromatic heterocycles. The lowest BCUT2D eigenvalue weighted by Crippen LogP contribution is -2.37. The third-order valence-electron chi connectivity index (χ3n) is 5.00. The fourth-order valence-corrected chi connectivity index (χ4v) is 3.55. The van der Waals surface area contributed by atoms with Crippen LogP contribution in [0.2, 0.25) is 0 Å². The molecule has 23 heavy (non-hydrogen) atoms. The van der Waals surface area contributed by atoms with Crippen LogP contribution in [0.5, 0.6) is 0 Å². The van der Waals surface area contributed by atoms with Crippen LogP contribution in [0.15, 0.2) is 18.5 Å². The number of rotatable bonds is 3. The molecular weight excluding hydrogens is 296 g/mol. The highest BCUT2D eigenvalue weighted by Gasteiger charge is 2.66. The number of carbonyl (C=O) groups is 2. The van der Waals surface area contributed by atoms with Crippen molar-refractivity contribution in [3.05, 3.63) is 18.5 Å². The van der Waals surface area contributed by atoms with Crippen LogP contribution in [0, 0.1) is 17.3 Å². The summed E-state index contributed by atoms with van der Waals surface area (Å²) in [6.45, 7) is 6.41. The number of nitrogens with zero attached hydrogens (tertiary/aromatic N) is 4. The van der Waals surface area contributed by atoms with Crippen molar-refractivity contribution in [2.75, 3.05) is 31.1 Å². The minimum Gasteiger partial charge on any atom is -0.481 e. The summed E-state index contributed by atoms with van der Waals surface area (Å²) in [6.07, 6.45) is 4.25. The highest BCUT2D eigenvalue weighted by Crippen LogP contribution is 2.59. The second-order valence-corrected chi connectivity index (χ2v) is 6.83. The van der Waals surface area contributed by atoms with Crippen LogP contribution >= 0.6 is 0 Å². The SMILES string of the molecule is CC1(C)[C@@H](C(=O)O)[C@@H]1C(=O)N1CCCN(c2ncccn2)CC1. The molecule has 2 aliphatic rings. The molecule has 1 aliphatic carbocycles. The maximum absolute atomic E-state index is 12.7. The van der Waals surface area contributed by atoms with Crippen molar-refractivity contribution in [3.63, 3.8) is 0 Å². The standard InChI is InChI=1S/C16H22N4O3/c1-16(2)11(12(16)14(22)23)13(21)19-7-4-8-20(10-9-19)15-17-5-3-6-18-15/h3,5-6,11-12H,4,7-10H2,1-2H3,(H,22,23)/t11-,12-/m1/s1. The molecule has 1 N–H and O–H groups in total. The predicted molar refractivity (Wildman–Crippen MR) is 83.8 cm³/mol. The van der Waals surface area contributed by atoms with E-state index in [9.17, 15) is 14.7 Å². The summed E-state index contributed by atoms with van der Waals surface area (Å²) in [7, 11) is 0. The number of carboxylic acids is 1. The molecule has 2 atom stereocenters. The zero-order valence-electron chi connectivity index (χ0n) is 13.5. The second-order valence-electron chi connectivity index (χ2n) is 6.83. The molecule has 7 heteroatoms. The van der Waals surface area contributed by atoms with Gasteiger partial charge in [-0.1, -0.05) is 13.8 Å². The van der Waals surface area contributed by atoms with Crippen molar-refractivity contribution in [3.8, 4) is 0 Å². The molecule has 1 saturated heterocycles. The van der Waals surface area contributed by atoms with Gasteiger partial charge in [-0.25, -0.2) is 9.97 Å². The van der Waals surface area contributed by atoms with Gasteiger partial charge in [0.1, 0.15) is 0 Å². The van der Waals surface area contributed by atoms with E-state index in [0.717, 1.165) is 13.0 Å². The first-order chi connectivity index (χ1) is 10.9. The summed E-state index contributed by atoms with van der Waals surface area (Å²) in [5.74, 6) is -1.19. The molecule has 0 unspecified atom stereocenters. The second kappa shape index (κ2) is 5.79. The zero-order valence-corrected chi connectivity index (χ0v) is 13.5. The molecule has 0 spiro atoms. The van der Waals surface area contributed by atoms with Crippen molar-refractivity contribution in [1.29, 1.82) is 0 Å². The Bertz CT molecular complexity index is 605. The van der Waals surface area contributed by atoms with Gasteiger partial charge in [0.15, 0.2) is 0 Å². The molecule has 1 amide bonds. The van der Waals surface area contributed by atoms with E-state index >= 15 is 0 Å². The maximum atomic E-state index is 12.7. The molecule has 3 rings (SSSR count). The average Bonchev–Trinajstić information content (AvgIpc) is 3.18. The quantitative estimate of drug-likeness (QED) is 0.890. The minimum atomic E-state index is -0.873. The maximum Gasteiger partial charge on any atom is 0.307 e. The largest absolute Gasteiger partial charge is 0.481 e. The van der Waals surface area contributed by atoms with E-state index in [2.05, 4.69) is 14.9 Å². The Kier molecular flexibility index (Phi) is 3.95. The number of carboxylic acid groups (broad SMARTS) is 1. The van der Waals surface area contributed by atoms with Gasteiger partial charge in [-0.3, -0.25) is 9.59 Å². The van der Waals surface area contributed by atoms with Crippen LogP contribution in [0.25, 0.3) is 0 Å². The summed E-state index contributed by atoms with van der Waals surface area (Å²) in [5.41, 5.74) is -0.447. The molecule has 1 saturated carbocycles. The smallest absolute Gasteiger partial charge is 0.307 e. The molecule has 2 fully saturated rings. The van der Waals surface area contributed by atoms with E-state index in [-0.39, 0.29) is 5.91 Å². The fraction of sp³-hybridized carbons (Fsp3) is 0.625. The summed E-state index contributed by atoms with van der Waals surface area (Å²) in [6, 6.07) is 1.78. The van der Waals surface area contributed by atoms with Crippen molar-refractivity contribution < 1.29 is 14.7 Å². The molecule has 124 valence electrons. The Morgan fingerprint density at radius 1 is 1.13 bits per heavy atom. The third kappa shape index (κ3) is 2.87. The van der Waals surface area contributed by atoms with Gasteiger partial charge < -0.3 is 14.9 Å². The van der Waals surface area contributed by atoms with Gasteiger partial charge in [-0.05, 0) is 17.9 Å². The monoisotopic (exact) mass is 318 g/mol. The van der Waals surface area contributed by atoms with Gasteiger partial charge >= 0.3 is 5.97 Å². The Balaban J connectivity index is 1.65. The van der Waals surface area contributed by atoms with Gasteiger partial charge in [0.25, 0.3) is 0 Å². The first kappa shape index (κ1) is 15.7. The van der Waals surface area contributed by atoms with Gasteiger partial charge in [0, 0.05) is 38.6 Å². The van der Waals surface area contributed by atoms with Crippen LogP contribution < -0.4 is 4.90 Å². The lowest BCUT2D eigenvalue weighted by atomic mass is 10.1. The van der Waals surface area contributed by atoms with Gasteiger partial charge in [0.2, 0.25) is 11.9 Å². The van der Waals surface area contributed by atoms with Crippen molar-refractivity contribution >= 4 is 17.8 Å². The zero-order chi connectivity index (χ0) is 16.6. The number of aliphatic carboxylic acids is 1. The van der Waals surface area contributed by atoms with Gasteiger partial charge in [-0.15, -0.1) is 0 Å². The van der Waals surface area contributed by atoms with Crippen LogP contribution in [-0.4, -0.2) is 58.0 Å². The summed E-state index contributed by atoms with van der Waals surface area (Å²) >= 11 is 0. The van der Waals surface area contributed by atoms with Crippen molar-refractivity contribution in [2.24, 2.45) is 17.3 Å². The van der Waals surface area contributed by atoms with E-state index < -0.39 is 23.2 Å². The number of amides is 1. The van der Waals surface area contributed by atoms with Gasteiger partial charge in [0.05, 0.1) is 11.8 Å². The molecule has 0 radical (unpaired) electrons. The van der Waals surface area contributed by atoms with Crippen LogP contribution in [0.1, 0.15) is 20.3 Å². The Morgan fingerprint density at radius 2 is 1.83 bits per heavy atom. The molecular formula is C16H22N4O3. The van der Waals surface area contributed by atoms with E-state index in [4.69, 9.17) is 0 Å². The average molecular weight is 318 g/mol. The molecule has 0 aromatic carbocycles. The van der Waals surface area contributed by atoms with E-state index in [1.807, 2.05) is 13.8 Å². The summed E-state index contributed by atoms with van der Waals surface area (Å²) in [5, 5.41) is 9.26. The van der Waals surface area contributed by atoms with E-state index in [1.54, 1.807) is 23.4 Å². The normalized spacial score (nSPS) is 26.5. The Labute approximate surface area is 135 Å². The highest BCUT2D eigenvalue weighted by molar-refractivity contribution is 5.91. The minimum absolute atomic E-state index is 0.0294. The predicted octanol–water partition coefficient (Wildman–Crippen LogP) is 0.872. The van der Waals surface area contributed by atoms with Gasteiger partial charge in [-0.2, -0.15) is 0 Å². The first-order valence-electron chi connectivity index (χ1n) is 7.96. The van der Waals surface area contributed by atoms with Crippen LogP contribution in [0.4, 0.5) is 5.95 Å². The molecule has 7 nitrogen and oxygen atoms in total. The Morgan fingerprint density at radius 3 is 2.43 bits per heavy atom.